The van der Waals surface area contributed by atoms with Crippen LogP contribution in [0.25, 0.3) is 0 Å². The van der Waals surface area contributed by atoms with Gasteiger partial charge in [-0.3, -0.25) is 0 Å². The molecule has 0 saturated carbocycles. The minimum absolute atomic E-state index is 0.0818. The summed E-state index contributed by atoms with van der Waals surface area (Å²) in [7, 11) is 0. The molecule has 3 atom stereocenters. The van der Waals surface area contributed by atoms with Gasteiger partial charge in [-0.25, -0.2) is 14.0 Å². The van der Waals surface area contributed by atoms with Crippen LogP contribution < -0.4 is 0 Å². The Balaban J connectivity index is 1.38. The standard InChI is InChI=1S/C27H23Cl2NO5S/c28-21-10-6-19(7-11-21)26(31)33-16-25-24(35-27(32)20-8-12-22(29)13-9-20)14-23(34-25)15-30-36-17-18-4-2-1-3-5-18/h1-13,15,23-25H,14,16-17H2/t23-,24+,25-/m1/s1. The number of hydrogen-bond acceptors (Lipinski definition) is 7. The van der Waals surface area contributed by atoms with Gasteiger partial charge >= 0.3 is 11.9 Å². The molecule has 0 spiro atoms. The highest BCUT2D eigenvalue weighted by Gasteiger charge is 2.38. The number of ether oxygens (including phenoxy) is 3. The third-order valence-electron chi connectivity index (χ3n) is 5.40. The summed E-state index contributed by atoms with van der Waals surface area (Å²) in [6.45, 7) is -0.0818. The fourth-order valence-electron chi connectivity index (χ4n) is 3.53. The molecule has 0 amide bonds. The lowest BCUT2D eigenvalue weighted by atomic mass is 10.1. The van der Waals surface area contributed by atoms with Gasteiger partial charge in [-0.15, -0.1) is 0 Å². The summed E-state index contributed by atoms with van der Waals surface area (Å²) < 4.78 is 21.6. The van der Waals surface area contributed by atoms with Crippen molar-refractivity contribution in [2.24, 2.45) is 4.40 Å². The molecule has 0 N–H and O–H groups in total. The lowest BCUT2D eigenvalue weighted by Crippen LogP contribution is -2.32. The van der Waals surface area contributed by atoms with Gasteiger partial charge in [0.25, 0.3) is 0 Å². The predicted molar refractivity (Wildman–Crippen MR) is 142 cm³/mol. The van der Waals surface area contributed by atoms with E-state index in [0.29, 0.717) is 27.6 Å². The molecule has 1 aliphatic heterocycles. The molecule has 1 heterocycles. The van der Waals surface area contributed by atoms with Crippen LogP contribution in [0.5, 0.6) is 0 Å². The summed E-state index contributed by atoms with van der Waals surface area (Å²) in [4.78, 5) is 25.1. The third-order valence-corrected chi connectivity index (χ3v) is 6.64. The molecule has 4 rings (SSSR count). The highest BCUT2D eigenvalue weighted by Crippen LogP contribution is 2.26. The second-order valence-electron chi connectivity index (χ2n) is 8.02. The summed E-state index contributed by atoms with van der Waals surface area (Å²) in [5.41, 5.74) is 1.89. The van der Waals surface area contributed by atoms with E-state index in [0.717, 1.165) is 11.3 Å². The maximum atomic E-state index is 12.7. The second kappa shape index (κ2) is 12.9. The monoisotopic (exact) mass is 543 g/mol. The van der Waals surface area contributed by atoms with Gasteiger partial charge in [-0.1, -0.05) is 53.5 Å². The minimum atomic E-state index is -0.645. The Hall–Kier alpha value is -2.84. The van der Waals surface area contributed by atoms with Gasteiger partial charge in [-0.05, 0) is 66.0 Å². The van der Waals surface area contributed by atoms with Crippen molar-refractivity contribution >= 4 is 53.3 Å². The van der Waals surface area contributed by atoms with Gasteiger partial charge in [0.05, 0.1) is 17.2 Å². The molecule has 6 nitrogen and oxygen atoms in total. The van der Waals surface area contributed by atoms with Crippen molar-refractivity contribution in [3.05, 3.63) is 106 Å². The summed E-state index contributed by atoms with van der Waals surface area (Å²) in [5, 5.41) is 1.04. The van der Waals surface area contributed by atoms with Crippen LogP contribution in [-0.2, 0) is 20.0 Å². The van der Waals surface area contributed by atoms with E-state index in [2.05, 4.69) is 4.40 Å². The van der Waals surface area contributed by atoms with E-state index in [-0.39, 0.29) is 6.61 Å². The molecule has 3 aromatic carbocycles. The van der Waals surface area contributed by atoms with Crippen molar-refractivity contribution < 1.29 is 23.8 Å². The van der Waals surface area contributed by atoms with E-state index in [9.17, 15) is 9.59 Å². The number of esters is 2. The zero-order valence-electron chi connectivity index (χ0n) is 19.1. The first-order valence-electron chi connectivity index (χ1n) is 11.2. The number of halogens is 2. The number of nitrogens with zero attached hydrogens (tertiary/aromatic N) is 1. The van der Waals surface area contributed by atoms with Crippen molar-refractivity contribution in [3.8, 4) is 0 Å². The number of carbonyl (C=O) groups is 2. The van der Waals surface area contributed by atoms with Crippen molar-refractivity contribution in [2.75, 3.05) is 6.61 Å². The fourth-order valence-corrected chi connectivity index (χ4v) is 4.42. The van der Waals surface area contributed by atoms with Crippen molar-refractivity contribution in [2.45, 2.75) is 30.5 Å². The molecule has 1 saturated heterocycles. The molecule has 36 heavy (non-hydrogen) atoms. The summed E-state index contributed by atoms with van der Waals surface area (Å²) in [5.74, 6) is -0.305. The quantitative estimate of drug-likeness (QED) is 0.175. The number of benzene rings is 3. The maximum absolute atomic E-state index is 12.7. The van der Waals surface area contributed by atoms with Crippen LogP contribution in [0.3, 0.4) is 0 Å². The van der Waals surface area contributed by atoms with Crippen LogP contribution in [0.4, 0.5) is 0 Å². The Bertz CT molecular complexity index is 1190. The smallest absolute Gasteiger partial charge is 0.338 e. The highest BCUT2D eigenvalue weighted by molar-refractivity contribution is 7.97. The summed E-state index contributed by atoms with van der Waals surface area (Å²) in [6.07, 6.45) is 0.417. The Kier molecular flexibility index (Phi) is 9.41. The van der Waals surface area contributed by atoms with Crippen molar-refractivity contribution in [1.82, 2.24) is 0 Å². The van der Waals surface area contributed by atoms with Crippen LogP contribution in [0.1, 0.15) is 32.7 Å². The molecule has 0 unspecified atom stereocenters. The normalized spacial score (nSPS) is 19.3. The SMILES string of the molecule is O=C(OC[C@H]1O[C@@H](C=NSCc2ccccc2)C[C@@H]1OC(=O)c1ccc(Cl)cc1)c1ccc(Cl)cc1. The molecular formula is C27H23Cl2NO5S. The largest absolute Gasteiger partial charge is 0.459 e. The van der Waals surface area contributed by atoms with E-state index in [4.69, 9.17) is 37.4 Å². The average Bonchev–Trinajstić information content (AvgIpc) is 3.27. The minimum Gasteiger partial charge on any atom is -0.459 e. The summed E-state index contributed by atoms with van der Waals surface area (Å²) >= 11 is 13.2. The van der Waals surface area contributed by atoms with Gasteiger partial charge in [0.1, 0.15) is 18.8 Å². The third kappa shape index (κ3) is 7.58. The van der Waals surface area contributed by atoms with Gasteiger partial charge in [0, 0.05) is 28.4 Å². The van der Waals surface area contributed by atoms with Crippen molar-refractivity contribution in [3.63, 3.8) is 0 Å². The lowest BCUT2D eigenvalue weighted by molar-refractivity contribution is -0.0332. The van der Waals surface area contributed by atoms with E-state index >= 15 is 0 Å². The van der Waals surface area contributed by atoms with E-state index in [1.54, 1.807) is 54.7 Å². The Labute approximate surface area is 223 Å². The van der Waals surface area contributed by atoms with Crippen LogP contribution in [-0.4, -0.2) is 43.1 Å². The van der Waals surface area contributed by atoms with Gasteiger partial charge in [0.15, 0.2) is 0 Å². The van der Waals surface area contributed by atoms with E-state index < -0.39 is 30.3 Å². The molecule has 1 aliphatic rings. The summed E-state index contributed by atoms with van der Waals surface area (Å²) in [6, 6.07) is 22.8. The Morgan fingerprint density at radius 3 is 2.17 bits per heavy atom. The Morgan fingerprint density at radius 2 is 1.53 bits per heavy atom. The van der Waals surface area contributed by atoms with Crippen LogP contribution in [0.2, 0.25) is 10.0 Å². The molecule has 0 bridgehead atoms. The molecule has 1 fully saturated rings. The first-order chi connectivity index (χ1) is 17.5. The number of rotatable bonds is 9. The number of carbonyl (C=O) groups excluding carboxylic acids is 2. The molecule has 3 aromatic rings. The second-order valence-corrected chi connectivity index (χ2v) is 9.65. The predicted octanol–water partition coefficient (Wildman–Crippen LogP) is 6.45. The van der Waals surface area contributed by atoms with Gasteiger partial charge in [-0.2, -0.15) is 0 Å². The average molecular weight is 544 g/mol. The van der Waals surface area contributed by atoms with Crippen LogP contribution >= 0.6 is 35.1 Å². The molecular weight excluding hydrogens is 521 g/mol. The first kappa shape index (κ1) is 26.2. The topological polar surface area (TPSA) is 74.2 Å². The molecule has 0 aromatic heterocycles. The van der Waals surface area contributed by atoms with Gasteiger partial charge < -0.3 is 14.2 Å². The van der Waals surface area contributed by atoms with Crippen molar-refractivity contribution in [1.29, 1.82) is 0 Å². The van der Waals surface area contributed by atoms with E-state index in [1.165, 1.54) is 11.9 Å². The zero-order valence-corrected chi connectivity index (χ0v) is 21.4. The number of hydrogen-bond donors (Lipinski definition) is 0. The Morgan fingerprint density at radius 1 is 0.917 bits per heavy atom. The molecule has 0 aliphatic carbocycles. The highest BCUT2D eigenvalue weighted by atomic mass is 35.5. The fraction of sp³-hybridized carbons (Fsp3) is 0.222. The molecule has 186 valence electrons. The molecule has 9 heteroatoms. The molecule has 0 radical (unpaired) electrons. The van der Waals surface area contributed by atoms with Crippen LogP contribution in [0.15, 0.2) is 83.3 Å². The zero-order chi connectivity index (χ0) is 25.3. The first-order valence-corrected chi connectivity index (χ1v) is 12.9. The van der Waals surface area contributed by atoms with Crippen LogP contribution in [0, 0.1) is 0 Å². The van der Waals surface area contributed by atoms with E-state index in [1.807, 2.05) is 30.3 Å². The van der Waals surface area contributed by atoms with Gasteiger partial charge in [0.2, 0.25) is 0 Å². The lowest BCUT2D eigenvalue weighted by Gasteiger charge is -2.19. The maximum Gasteiger partial charge on any atom is 0.338 e.